The van der Waals surface area contributed by atoms with E-state index in [0.717, 1.165) is 39.1 Å². The van der Waals surface area contributed by atoms with Crippen LogP contribution in [0, 0.1) is 6.92 Å². The van der Waals surface area contributed by atoms with Gasteiger partial charge in [-0.15, -0.1) is 11.6 Å². The SMILES string of the molecule is Cc1ccc(Cn2c(CCl)nc3cc(Br)ccc32)cn1. The smallest absolute Gasteiger partial charge is 0.125 e. The molecule has 5 heteroatoms. The Kier molecular flexibility index (Phi) is 3.76. The molecular weight excluding hydrogens is 338 g/mol. The van der Waals surface area contributed by atoms with E-state index in [0.29, 0.717) is 5.88 Å². The minimum atomic E-state index is 0.394. The fraction of sp³-hybridized carbons (Fsp3) is 0.200. The van der Waals surface area contributed by atoms with E-state index in [4.69, 9.17) is 11.6 Å². The average molecular weight is 351 g/mol. The third-order valence-corrected chi connectivity index (χ3v) is 3.95. The highest BCUT2D eigenvalue weighted by atomic mass is 79.9. The van der Waals surface area contributed by atoms with Crippen molar-refractivity contribution in [3.63, 3.8) is 0 Å². The molecule has 3 nitrogen and oxygen atoms in total. The van der Waals surface area contributed by atoms with Gasteiger partial charge in [0.25, 0.3) is 0 Å². The monoisotopic (exact) mass is 349 g/mol. The first-order chi connectivity index (χ1) is 9.67. The lowest BCUT2D eigenvalue weighted by molar-refractivity contribution is 0.774. The first-order valence-corrected chi connectivity index (χ1v) is 7.62. The molecule has 0 bridgehead atoms. The fourth-order valence-electron chi connectivity index (χ4n) is 2.21. The molecule has 20 heavy (non-hydrogen) atoms. The van der Waals surface area contributed by atoms with Crippen molar-refractivity contribution in [3.8, 4) is 0 Å². The number of imidazole rings is 1. The Bertz CT molecular complexity index is 750. The minimum Gasteiger partial charge on any atom is -0.322 e. The molecule has 0 unspecified atom stereocenters. The second-order valence-electron chi connectivity index (χ2n) is 4.69. The normalized spacial score (nSPS) is 11.2. The number of alkyl halides is 1. The molecule has 0 saturated carbocycles. The predicted molar refractivity (Wildman–Crippen MR) is 85.1 cm³/mol. The molecule has 0 aliphatic heterocycles. The zero-order valence-electron chi connectivity index (χ0n) is 11.0. The number of nitrogens with zero attached hydrogens (tertiary/aromatic N) is 3. The van der Waals surface area contributed by atoms with Crippen molar-refractivity contribution >= 4 is 38.6 Å². The van der Waals surface area contributed by atoms with Gasteiger partial charge in [-0.1, -0.05) is 22.0 Å². The highest BCUT2D eigenvalue weighted by Gasteiger charge is 2.10. The van der Waals surface area contributed by atoms with Crippen LogP contribution in [0.25, 0.3) is 11.0 Å². The first-order valence-electron chi connectivity index (χ1n) is 6.29. The van der Waals surface area contributed by atoms with Gasteiger partial charge in [0.1, 0.15) is 5.82 Å². The number of benzene rings is 1. The van der Waals surface area contributed by atoms with Crippen LogP contribution in [0.3, 0.4) is 0 Å². The molecular formula is C15H13BrClN3. The quantitative estimate of drug-likeness (QED) is 0.660. The molecule has 1 aromatic carbocycles. The van der Waals surface area contributed by atoms with E-state index in [2.05, 4.69) is 42.6 Å². The summed E-state index contributed by atoms with van der Waals surface area (Å²) in [5, 5.41) is 0. The fourth-order valence-corrected chi connectivity index (χ4v) is 2.76. The summed E-state index contributed by atoms with van der Waals surface area (Å²) in [4.78, 5) is 8.92. The molecule has 0 aliphatic rings. The number of halogens is 2. The largest absolute Gasteiger partial charge is 0.322 e. The van der Waals surface area contributed by atoms with Crippen LogP contribution in [-0.2, 0) is 12.4 Å². The maximum Gasteiger partial charge on any atom is 0.125 e. The lowest BCUT2D eigenvalue weighted by Gasteiger charge is -2.08. The third-order valence-electron chi connectivity index (χ3n) is 3.22. The molecule has 0 aliphatic carbocycles. The molecule has 0 radical (unpaired) electrons. The van der Waals surface area contributed by atoms with Gasteiger partial charge in [0.15, 0.2) is 0 Å². The van der Waals surface area contributed by atoms with Crippen molar-refractivity contribution in [2.75, 3.05) is 0 Å². The third kappa shape index (κ3) is 2.58. The van der Waals surface area contributed by atoms with Crippen LogP contribution in [-0.4, -0.2) is 14.5 Å². The van der Waals surface area contributed by atoms with E-state index < -0.39 is 0 Å². The van der Waals surface area contributed by atoms with E-state index in [1.165, 1.54) is 0 Å². The molecule has 3 aromatic rings. The molecule has 0 spiro atoms. The van der Waals surface area contributed by atoms with E-state index in [1.54, 1.807) is 0 Å². The van der Waals surface area contributed by atoms with E-state index >= 15 is 0 Å². The van der Waals surface area contributed by atoms with Gasteiger partial charge in [-0.2, -0.15) is 0 Å². The van der Waals surface area contributed by atoms with E-state index in [9.17, 15) is 0 Å². The molecule has 0 amide bonds. The van der Waals surface area contributed by atoms with Gasteiger partial charge in [0.2, 0.25) is 0 Å². The topological polar surface area (TPSA) is 30.7 Å². The summed E-state index contributed by atoms with van der Waals surface area (Å²) in [6.07, 6.45) is 1.90. The maximum absolute atomic E-state index is 6.02. The van der Waals surface area contributed by atoms with Crippen LogP contribution in [0.2, 0.25) is 0 Å². The first kappa shape index (κ1) is 13.6. The van der Waals surface area contributed by atoms with Crippen molar-refractivity contribution in [2.24, 2.45) is 0 Å². The Hall–Kier alpha value is -1.39. The summed E-state index contributed by atoms with van der Waals surface area (Å²) in [6, 6.07) is 10.2. The number of aromatic nitrogens is 3. The highest BCUT2D eigenvalue weighted by molar-refractivity contribution is 9.10. The molecule has 3 rings (SSSR count). The highest BCUT2D eigenvalue weighted by Crippen LogP contribution is 2.22. The number of aryl methyl sites for hydroxylation is 1. The van der Waals surface area contributed by atoms with Gasteiger partial charge >= 0.3 is 0 Å². The van der Waals surface area contributed by atoms with Crippen LogP contribution in [0.1, 0.15) is 17.1 Å². The summed E-state index contributed by atoms with van der Waals surface area (Å²) < 4.78 is 3.16. The maximum atomic E-state index is 6.02. The number of hydrogen-bond donors (Lipinski definition) is 0. The molecule has 0 fully saturated rings. The lowest BCUT2D eigenvalue weighted by atomic mass is 10.2. The van der Waals surface area contributed by atoms with E-state index in [-0.39, 0.29) is 0 Å². The molecule has 0 atom stereocenters. The number of fused-ring (bicyclic) bond motifs is 1. The minimum absolute atomic E-state index is 0.394. The summed E-state index contributed by atoms with van der Waals surface area (Å²) >= 11 is 9.49. The van der Waals surface area contributed by atoms with Gasteiger partial charge in [-0.3, -0.25) is 4.98 Å². The Morgan fingerprint density at radius 3 is 2.80 bits per heavy atom. The van der Waals surface area contributed by atoms with Gasteiger partial charge < -0.3 is 4.57 Å². The Labute approximate surface area is 130 Å². The Balaban J connectivity index is 2.07. The van der Waals surface area contributed by atoms with Crippen molar-refractivity contribution in [3.05, 3.63) is 58.1 Å². The van der Waals surface area contributed by atoms with Crippen LogP contribution in [0.4, 0.5) is 0 Å². The van der Waals surface area contributed by atoms with Crippen LogP contribution >= 0.6 is 27.5 Å². The van der Waals surface area contributed by atoms with E-state index in [1.807, 2.05) is 31.3 Å². The van der Waals surface area contributed by atoms with Gasteiger partial charge in [0.05, 0.1) is 23.5 Å². The van der Waals surface area contributed by atoms with Crippen LogP contribution in [0.5, 0.6) is 0 Å². The molecule has 0 N–H and O–H groups in total. The van der Waals surface area contributed by atoms with Crippen LogP contribution < -0.4 is 0 Å². The second kappa shape index (κ2) is 5.54. The summed E-state index contributed by atoms with van der Waals surface area (Å²) in [7, 11) is 0. The summed E-state index contributed by atoms with van der Waals surface area (Å²) in [5.74, 6) is 1.27. The summed E-state index contributed by atoms with van der Waals surface area (Å²) in [6.45, 7) is 2.71. The standard InChI is InChI=1S/C15H13BrClN3/c1-10-2-3-11(8-18-10)9-20-14-5-4-12(16)6-13(14)19-15(20)7-17/h2-6,8H,7,9H2,1H3. The summed E-state index contributed by atoms with van der Waals surface area (Å²) in [5.41, 5.74) is 4.20. The zero-order valence-corrected chi connectivity index (χ0v) is 13.3. The molecule has 2 heterocycles. The van der Waals surface area contributed by atoms with Gasteiger partial charge in [0, 0.05) is 16.4 Å². The van der Waals surface area contributed by atoms with Gasteiger partial charge in [-0.05, 0) is 36.8 Å². The molecule has 0 saturated heterocycles. The lowest BCUT2D eigenvalue weighted by Crippen LogP contribution is -2.04. The molecule has 102 valence electrons. The number of hydrogen-bond acceptors (Lipinski definition) is 2. The van der Waals surface area contributed by atoms with Gasteiger partial charge in [-0.25, -0.2) is 4.98 Å². The van der Waals surface area contributed by atoms with Crippen LogP contribution in [0.15, 0.2) is 41.0 Å². The van der Waals surface area contributed by atoms with Crippen molar-refractivity contribution in [1.82, 2.24) is 14.5 Å². The van der Waals surface area contributed by atoms with Crippen molar-refractivity contribution in [2.45, 2.75) is 19.3 Å². The average Bonchev–Trinajstić information content (AvgIpc) is 2.78. The Morgan fingerprint density at radius 2 is 2.10 bits per heavy atom. The number of rotatable bonds is 3. The molecule has 2 aromatic heterocycles. The zero-order chi connectivity index (χ0) is 14.1. The number of pyridine rings is 1. The Morgan fingerprint density at radius 1 is 1.25 bits per heavy atom. The predicted octanol–water partition coefficient (Wildman–Crippen LogP) is 4.29. The second-order valence-corrected chi connectivity index (χ2v) is 5.87. The van der Waals surface area contributed by atoms with Crippen molar-refractivity contribution < 1.29 is 0 Å². The van der Waals surface area contributed by atoms with Crippen molar-refractivity contribution in [1.29, 1.82) is 0 Å².